The molecule has 0 bridgehead atoms. The van der Waals surface area contributed by atoms with Gasteiger partial charge in [0.15, 0.2) is 5.82 Å². The van der Waals surface area contributed by atoms with Gasteiger partial charge in [-0.2, -0.15) is 5.26 Å². The summed E-state index contributed by atoms with van der Waals surface area (Å²) in [6.07, 6.45) is 1.58. The first kappa shape index (κ1) is 19.3. The van der Waals surface area contributed by atoms with E-state index in [0.717, 1.165) is 5.69 Å². The first-order chi connectivity index (χ1) is 14.7. The van der Waals surface area contributed by atoms with Crippen molar-refractivity contribution in [3.8, 4) is 11.8 Å². The molecule has 2 heterocycles. The first-order valence-corrected chi connectivity index (χ1v) is 9.37. The van der Waals surface area contributed by atoms with E-state index in [1.165, 1.54) is 12.1 Å². The number of allylic oxidation sites excluding steroid dienone is 1. The van der Waals surface area contributed by atoms with Crippen molar-refractivity contribution in [1.29, 1.82) is 5.26 Å². The normalized spacial score (nSPS) is 14.4. The summed E-state index contributed by atoms with van der Waals surface area (Å²) in [7, 11) is 0. The molecule has 1 aromatic heterocycles. The molecule has 9 heteroatoms. The minimum atomic E-state index is -0.466. The van der Waals surface area contributed by atoms with Crippen LogP contribution in [0.1, 0.15) is 11.4 Å². The van der Waals surface area contributed by atoms with Crippen LogP contribution in [0.25, 0.3) is 17.3 Å². The third-order valence-electron chi connectivity index (χ3n) is 4.71. The fraction of sp³-hybridized carbons (Fsp3) is 0.190. The van der Waals surface area contributed by atoms with Crippen LogP contribution < -0.4 is 4.90 Å². The van der Waals surface area contributed by atoms with E-state index in [0.29, 0.717) is 43.6 Å². The fourth-order valence-electron chi connectivity index (χ4n) is 3.28. The zero-order valence-electron chi connectivity index (χ0n) is 16.0. The number of rotatable bonds is 5. The summed E-state index contributed by atoms with van der Waals surface area (Å²) in [6, 6.07) is 17.8. The standard InChI is InChI=1S/C21H18N6O3/c22-15-17(13-16-5-4-8-19(14-16)27(28)29)20-23-24-21(25-9-11-30-12-10-25)26(20)18-6-2-1-3-7-18/h1-8,13-14H,9-12H2/b17-13-. The van der Waals surface area contributed by atoms with Gasteiger partial charge in [-0.1, -0.05) is 30.3 Å². The van der Waals surface area contributed by atoms with Crippen LogP contribution in [0.5, 0.6) is 0 Å². The fourth-order valence-corrected chi connectivity index (χ4v) is 3.28. The topological polar surface area (TPSA) is 110 Å². The average Bonchev–Trinajstić information content (AvgIpc) is 3.24. The van der Waals surface area contributed by atoms with E-state index in [9.17, 15) is 15.4 Å². The van der Waals surface area contributed by atoms with Gasteiger partial charge in [-0.3, -0.25) is 14.7 Å². The lowest BCUT2D eigenvalue weighted by molar-refractivity contribution is -0.384. The highest BCUT2D eigenvalue weighted by Gasteiger charge is 2.23. The Kier molecular flexibility index (Phi) is 5.50. The van der Waals surface area contributed by atoms with Crippen molar-refractivity contribution in [2.75, 3.05) is 31.2 Å². The second kappa shape index (κ2) is 8.55. The molecule has 2 aromatic carbocycles. The smallest absolute Gasteiger partial charge is 0.270 e. The molecule has 1 aliphatic heterocycles. The van der Waals surface area contributed by atoms with Crippen LogP contribution in [0.2, 0.25) is 0 Å². The number of morpholine rings is 1. The highest BCUT2D eigenvalue weighted by atomic mass is 16.6. The number of benzene rings is 2. The molecular formula is C21H18N6O3. The lowest BCUT2D eigenvalue weighted by atomic mass is 10.1. The Morgan fingerprint density at radius 1 is 1.13 bits per heavy atom. The van der Waals surface area contributed by atoms with Crippen molar-refractivity contribution in [3.63, 3.8) is 0 Å². The Bertz CT molecular complexity index is 1130. The maximum Gasteiger partial charge on any atom is 0.270 e. The summed E-state index contributed by atoms with van der Waals surface area (Å²) in [5.41, 5.74) is 1.57. The Hall–Kier alpha value is -4.03. The van der Waals surface area contributed by atoms with Crippen molar-refractivity contribution in [1.82, 2.24) is 14.8 Å². The number of nitrogens with zero attached hydrogens (tertiary/aromatic N) is 6. The van der Waals surface area contributed by atoms with Crippen LogP contribution in [0.15, 0.2) is 54.6 Å². The molecule has 0 aliphatic carbocycles. The zero-order valence-corrected chi connectivity index (χ0v) is 16.0. The molecule has 0 atom stereocenters. The van der Waals surface area contributed by atoms with Gasteiger partial charge in [0.2, 0.25) is 5.95 Å². The molecule has 0 unspecified atom stereocenters. The van der Waals surface area contributed by atoms with Crippen LogP contribution >= 0.6 is 0 Å². The quantitative estimate of drug-likeness (QED) is 0.366. The van der Waals surface area contributed by atoms with Crippen LogP contribution in [-0.2, 0) is 4.74 Å². The summed E-state index contributed by atoms with van der Waals surface area (Å²) in [6.45, 7) is 2.51. The third kappa shape index (κ3) is 3.90. The van der Waals surface area contributed by atoms with E-state index >= 15 is 0 Å². The average molecular weight is 402 g/mol. The molecule has 30 heavy (non-hydrogen) atoms. The summed E-state index contributed by atoms with van der Waals surface area (Å²) < 4.78 is 7.26. The third-order valence-corrected chi connectivity index (χ3v) is 4.71. The Morgan fingerprint density at radius 3 is 2.60 bits per heavy atom. The van der Waals surface area contributed by atoms with Crippen molar-refractivity contribution in [2.24, 2.45) is 0 Å². The number of nitriles is 1. The number of ether oxygens (including phenoxy) is 1. The summed E-state index contributed by atoms with van der Waals surface area (Å²) >= 11 is 0. The molecule has 0 spiro atoms. The van der Waals surface area contributed by atoms with Gasteiger partial charge in [0.25, 0.3) is 5.69 Å². The maximum atomic E-state index is 11.1. The SMILES string of the molecule is N#C/C(=C/c1cccc([N+](=O)[O-])c1)c1nnc(N2CCOCC2)n1-c1ccccc1. The van der Waals surface area contributed by atoms with Crippen LogP contribution in [-0.4, -0.2) is 46.0 Å². The van der Waals surface area contributed by atoms with E-state index in [2.05, 4.69) is 21.2 Å². The van der Waals surface area contributed by atoms with Gasteiger partial charge >= 0.3 is 0 Å². The van der Waals surface area contributed by atoms with E-state index < -0.39 is 4.92 Å². The van der Waals surface area contributed by atoms with E-state index in [1.54, 1.807) is 18.2 Å². The van der Waals surface area contributed by atoms with Gasteiger partial charge in [-0.15, -0.1) is 10.2 Å². The Labute approximate surface area is 172 Å². The van der Waals surface area contributed by atoms with Gasteiger partial charge in [0.05, 0.1) is 29.4 Å². The number of non-ortho nitro benzene ring substituents is 1. The molecule has 150 valence electrons. The minimum Gasteiger partial charge on any atom is -0.378 e. The number of aromatic nitrogens is 3. The van der Waals surface area contributed by atoms with Gasteiger partial charge in [0.1, 0.15) is 6.07 Å². The Morgan fingerprint density at radius 2 is 1.90 bits per heavy atom. The van der Waals surface area contributed by atoms with Crippen molar-refractivity contribution >= 4 is 23.3 Å². The van der Waals surface area contributed by atoms with Gasteiger partial charge < -0.3 is 9.64 Å². The number of hydrogen-bond donors (Lipinski definition) is 0. The second-order valence-electron chi connectivity index (χ2n) is 6.62. The molecule has 0 amide bonds. The monoisotopic (exact) mass is 402 g/mol. The number of nitro benzene ring substituents is 1. The number of para-hydroxylation sites is 1. The molecule has 9 nitrogen and oxygen atoms in total. The summed E-state index contributed by atoms with van der Waals surface area (Å²) in [5, 5.41) is 29.6. The highest BCUT2D eigenvalue weighted by molar-refractivity contribution is 5.88. The van der Waals surface area contributed by atoms with Gasteiger partial charge in [0, 0.05) is 25.2 Å². The minimum absolute atomic E-state index is 0.0421. The largest absolute Gasteiger partial charge is 0.378 e. The molecular weight excluding hydrogens is 384 g/mol. The molecule has 0 N–H and O–H groups in total. The van der Waals surface area contributed by atoms with Crippen LogP contribution in [0.4, 0.5) is 11.6 Å². The Balaban J connectivity index is 1.83. The highest BCUT2D eigenvalue weighted by Crippen LogP contribution is 2.27. The predicted octanol–water partition coefficient (Wildman–Crippen LogP) is 3.08. The van der Waals surface area contributed by atoms with Gasteiger partial charge in [-0.25, -0.2) is 0 Å². The maximum absolute atomic E-state index is 11.1. The second-order valence-corrected chi connectivity index (χ2v) is 6.62. The van der Waals surface area contributed by atoms with Crippen molar-refractivity contribution < 1.29 is 9.66 Å². The van der Waals surface area contributed by atoms with Crippen molar-refractivity contribution in [3.05, 3.63) is 76.1 Å². The van der Waals surface area contributed by atoms with Gasteiger partial charge in [-0.05, 0) is 23.8 Å². The lowest BCUT2D eigenvalue weighted by Gasteiger charge is -2.28. The van der Waals surface area contributed by atoms with Crippen molar-refractivity contribution in [2.45, 2.75) is 0 Å². The van der Waals surface area contributed by atoms with E-state index in [1.807, 2.05) is 34.9 Å². The van der Waals surface area contributed by atoms with Crippen LogP contribution in [0, 0.1) is 21.4 Å². The lowest BCUT2D eigenvalue weighted by Crippen LogP contribution is -2.38. The molecule has 3 aromatic rings. The van der Waals surface area contributed by atoms with E-state index in [4.69, 9.17) is 4.74 Å². The predicted molar refractivity (Wildman–Crippen MR) is 111 cm³/mol. The molecule has 4 rings (SSSR count). The molecule has 1 fully saturated rings. The molecule has 1 aliphatic rings. The summed E-state index contributed by atoms with van der Waals surface area (Å²) in [4.78, 5) is 12.7. The first-order valence-electron chi connectivity index (χ1n) is 9.37. The van der Waals surface area contributed by atoms with E-state index in [-0.39, 0.29) is 11.3 Å². The number of anilines is 1. The molecule has 1 saturated heterocycles. The number of hydrogen-bond acceptors (Lipinski definition) is 7. The zero-order chi connectivity index (χ0) is 20.9. The van der Waals surface area contributed by atoms with Crippen LogP contribution in [0.3, 0.4) is 0 Å². The number of nitro groups is 1. The molecule has 0 saturated carbocycles. The molecule has 0 radical (unpaired) electrons. The summed E-state index contributed by atoms with van der Waals surface area (Å²) in [5.74, 6) is 0.997.